The Morgan fingerprint density at radius 2 is 1.95 bits per heavy atom. The van der Waals surface area contributed by atoms with E-state index >= 15 is 0 Å². The van der Waals surface area contributed by atoms with Crippen molar-refractivity contribution in [2.45, 2.75) is 0 Å². The first-order valence-electron chi connectivity index (χ1n) is 6.43. The average molecular weight is 300 g/mol. The molecule has 3 rings (SSSR count). The molecule has 0 amide bonds. The molecule has 0 spiro atoms. The van der Waals surface area contributed by atoms with Crippen LogP contribution in [0.25, 0.3) is 10.9 Å². The van der Waals surface area contributed by atoms with Gasteiger partial charge in [-0.15, -0.1) is 0 Å². The predicted molar refractivity (Wildman–Crippen MR) is 87.4 cm³/mol. The number of benzene rings is 2. The fourth-order valence-corrected chi connectivity index (χ4v) is 2.43. The second-order valence-corrected chi connectivity index (χ2v) is 4.95. The number of hydrogen-bond acceptors (Lipinski definition) is 4. The minimum absolute atomic E-state index is 0.555. The Morgan fingerprint density at radius 1 is 1.10 bits per heavy atom. The van der Waals surface area contributed by atoms with E-state index in [4.69, 9.17) is 22.1 Å². The van der Waals surface area contributed by atoms with Gasteiger partial charge in [0.2, 0.25) is 0 Å². The van der Waals surface area contributed by atoms with Crippen molar-refractivity contribution in [3.8, 4) is 5.75 Å². The smallest absolute Gasteiger partial charge is 0.143 e. The van der Waals surface area contributed by atoms with Gasteiger partial charge in [-0.1, -0.05) is 17.7 Å². The van der Waals surface area contributed by atoms with Crippen LogP contribution in [0, 0.1) is 0 Å². The van der Waals surface area contributed by atoms with E-state index in [-0.39, 0.29) is 0 Å². The molecule has 3 aromatic rings. The second kappa shape index (κ2) is 5.50. The minimum atomic E-state index is 0.555. The summed E-state index contributed by atoms with van der Waals surface area (Å²) >= 11 is 6.20. The number of aromatic nitrogens is 1. The SMILES string of the molecule is COc1cccc(Nc2ccc(Cl)c3cccnc23)c1N. The number of nitrogen functional groups attached to an aromatic ring is 1. The monoisotopic (exact) mass is 299 g/mol. The number of nitrogens with zero attached hydrogens (tertiary/aromatic N) is 1. The Morgan fingerprint density at radius 3 is 2.76 bits per heavy atom. The van der Waals surface area contributed by atoms with E-state index in [0.717, 1.165) is 22.3 Å². The molecule has 1 aromatic heterocycles. The number of anilines is 3. The first-order chi connectivity index (χ1) is 10.2. The molecule has 0 aliphatic carbocycles. The number of nitrogens with two attached hydrogens (primary N) is 1. The fraction of sp³-hybridized carbons (Fsp3) is 0.0625. The van der Waals surface area contributed by atoms with Gasteiger partial charge in [0.1, 0.15) is 5.75 Å². The van der Waals surface area contributed by atoms with Gasteiger partial charge in [-0.3, -0.25) is 4.98 Å². The van der Waals surface area contributed by atoms with Crippen LogP contribution in [0.15, 0.2) is 48.7 Å². The van der Waals surface area contributed by atoms with Crippen molar-refractivity contribution >= 4 is 39.6 Å². The van der Waals surface area contributed by atoms with E-state index in [0.29, 0.717) is 16.5 Å². The van der Waals surface area contributed by atoms with Crippen LogP contribution in [-0.4, -0.2) is 12.1 Å². The van der Waals surface area contributed by atoms with Gasteiger partial charge in [0, 0.05) is 11.6 Å². The lowest BCUT2D eigenvalue weighted by Crippen LogP contribution is -2.00. The molecule has 21 heavy (non-hydrogen) atoms. The molecule has 0 saturated carbocycles. The van der Waals surface area contributed by atoms with Crippen molar-refractivity contribution in [3.05, 3.63) is 53.7 Å². The number of methoxy groups -OCH3 is 1. The Hall–Kier alpha value is -2.46. The molecule has 0 aliphatic rings. The highest BCUT2D eigenvalue weighted by atomic mass is 35.5. The van der Waals surface area contributed by atoms with Gasteiger partial charge in [0.25, 0.3) is 0 Å². The van der Waals surface area contributed by atoms with Crippen molar-refractivity contribution in [2.75, 3.05) is 18.2 Å². The zero-order chi connectivity index (χ0) is 14.8. The molecule has 0 saturated heterocycles. The summed E-state index contributed by atoms with van der Waals surface area (Å²) < 4.78 is 5.23. The molecular weight excluding hydrogens is 286 g/mol. The molecule has 3 N–H and O–H groups in total. The number of nitrogens with one attached hydrogen (secondary N) is 1. The molecule has 1 heterocycles. The Balaban J connectivity index is 2.09. The first-order valence-corrected chi connectivity index (χ1v) is 6.81. The van der Waals surface area contributed by atoms with Gasteiger partial charge in [-0.05, 0) is 36.4 Å². The maximum atomic E-state index is 6.20. The van der Waals surface area contributed by atoms with Crippen LogP contribution in [-0.2, 0) is 0 Å². The normalized spacial score (nSPS) is 10.6. The van der Waals surface area contributed by atoms with Crippen LogP contribution in [0.3, 0.4) is 0 Å². The number of hydrogen-bond donors (Lipinski definition) is 2. The van der Waals surface area contributed by atoms with E-state index < -0.39 is 0 Å². The largest absolute Gasteiger partial charge is 0.495 e. The summed E-state index contributed by atoms with van der Waals surface area (Å²) in [6.07, 6.45) is 1.73. The number of para-hydroxylation sites is 1. The molecule has 0 aliphatic heterocycles. The lowest BCUT2D eigenvalue weighted by atomic mass is 10.1. The summed E-state index contributed by atoms with van der Waals surface area (Å²) in [4.78, 5) is 4.39. The number of pyridine rings is 1. The first kappa shape index (κ1) is 13.5. The predicted octanol–water partition coefficient (Wildman–Crippen LogP) is 4.22. The molecule has 4 nitrogen and oxygen atoms in total. The third-order valence-corrected chi connectivity index (χ3v) is 3.60. The van der Waals surface area contributed by atoms with Crippen LogP contribution >= 0.6 is 11.6 Å². The highest BCUT2D eigenvalue weighted by Gasteiger charge is 2.09. The number of halogens is 1. The molecule has 0 radical (unpaired) electrons. The molecule has 106 valence electrons. The summed E-state index contributed by atoms with van der Waals surface area (Å²) in [6, 6.07) is 13.1. The summed E-state index contributed by atoms with van der Waals surface area (Å²) in [5.74, 6) is 0.631. The standard InChI is InChI=1S/C16H14ClN3O/c1-21-14-6-2-5-12(15(14)18)20-13-8-7-11(17)10-4-3-9-19-16(10)13/h2-9,20H,18H2,1H3. The third-order valence-electron chi connectivity index (χ3n) is 3.27. The van der Waals surface area contributed by atoms with Crippen LogP contribution in [0.4, 0.5) is 17.1 Å². The highest BCUT2D eigenvalue weighted by molar-refractivity contribution is 6.35. The van der Waals surface area contributed by atoms with Crippen LogP contribution in [0.1, 0.15) is 0 Å². The molecule has 0 bridgehead atoms. The number of rotatable bonds is 3. The maximum Gasteiger partial charge on any atom is 0.143 e. The minimum Gasteiger partial charge on any atom is -0.495 e. The zero-order valence-electron chi connectivity index (χ0n) is 11.4. The quantitative estimate of drug-likeness (QED) is 0.711. The van der Waals surface area contributed by atoms with E-state index in [2.05, 4.69) is 10.3 Å². The molecule has 2 aromatic carbocycles. The van der Waals surface area contributed by atoms with E-state index in [9.17, 15) is 0 Å². The lowest BCUT2D eigenvalue weighted by Gasteiger charge is -2.13. The van der Waals surface area contributed by atoms with Crippen LogP contribution in [0.5, 0.6) is 5.75 Å². The molecule has 5 heteroatoms. The molecule has 0 unspecified atom stereocenters. The van der Waals surface area contributed by atoms with Crippen molar-refractivity contribution in [2.24, 2.45) is 0 Å². The van der Waals surface area contributed by atoms with Gasteiger partial charge in [0.15, 0.2) is 0 Å². The molecule has 0 atom stereocenters. The van der Waals surface area contributed by atoms with Crippen molar-refractivity contribution in [1.29, 1.82) is 0 Å². The molecular formula is C16H14ClN3O. The Bertz CT molecular complexity index is 805. The topological polar surface area (TPSA) is 60.2 Å². The Kier molecular flexibility index (Phi) is 3.54. The van der Waals surface area contributed by atoms with Crippen LogP contribution in [0.2, 0.25) is 5.02 Å². The van der Waals surface area contributed by atoms with Gasteiger partial charge in [0.05, 0.1) is 34.7 Å². The third kappa shape index (κ3) is 2.45. The Labute approximate surface area is 127 Å². The lowest BCUT2D eigenvalue weighted by molar-refractivity contribution is 0.417. The zero-order valence-corrected chi connectivity index (χ0v) is 12.2. The summed E-state index contributed by atoms with van der Waals surface area (Å²) in [7, 11) is 1.59. The van der Waals surface area contributed by atoms with Crippen LogP contribution < -0.4 is 15.8 Å². The van der Waals surface area contributed by atoms with E-state index in [1.54, 1.807) is 13.3 Å². The van der Waals surface area contributed by atoms with Crippen molar-refractivity contribution in [3.63, 3.8) is 0 Å². The van der Waals surface area contributed by atoms with Gasteiger partial charge < -0.3 is 15.8 Å². The maximum absolute atomic E-state index is 6.20. The second-order valence-electron chi connectivity index (χ2n) is 4.54. The highest BCUT2D eigenvalue weighted by Crippen LogP contribution is 2.34. The summed E-state index contributed by atoms with van der Waals surface area (Å²) in [6.45, 7) is 0. The van der Waals surface area contributed by atoms with Crippen molar-refractivity contribution < 1.29 is 4.74 Å². The van der Waals surface area contributed by atoms with E-state index in [1.807, 2.05) is 42.5 Å². The van der Waals surface area contributed by atoms with Crippen molar-refractivity contribution in [1.82, 2.24) is 4.98 Å². The van der Waals surface area contributed by atoms with Gasteiger partial charge >= 0.3 is 0 Å². The summed E-state index contributed by atoms with van der Waals surface area (Å²) in [5.41, 5.74) is 9.04. The average Bonchev–Trinajstić information content (AvgIpc) is 2.52. The fourth-order valence-electron chi connectivity index (χ4n) is 2.21. The number of fused-ring (bicyclic) bond motifs is 1. The van der Waals surface area contributed by atoms with E-state index in [1.165, 1.54) is 0 Å². The number of ether oxygens (including phenoxy) is 1. The van der Waals surface area contributed by atoms with Gasteiger partial charge in [-0.2, -0.15) is 0 Å². The van der Waals surface area contributed by atoms with Gasteiger partial charge in [-0.25, -0.2) is 0 Å². The summed E-state index contributed by atoms with van der Waals surface area (Å²) in [5, 5.41) is 4.85. The molecule has 0 fully saturated rings.